The largest absolute Gasteiger partial charge is 0.379 e. The Hall–Kier alpha value is -1.16. The summed E-state index contributed by atoms with van der Waals surface area (Å²) >= 11 is 0. The standard InChI is InChI=1S/C10H16N4/c1-14-4-2-3-9(7-14)13-10-5-11-8-12-6-10/h5-6,8-9,13H,2-4,7H2,1H3. The Kier molecular flexibility index (Phi) is 2.93. The molecule has 4 heteroatoms. The first-order valence-corrected chi connectivity index (χ1v) is 5.04. The molecule has 1 N–H and O–H groups in total. The number of rotatable bonds is 2. The number of hydrogen-bond donors (Lipinski definition) is 1. The van der Waals surface area contributed by atoms with Crippen LogP contribution in [0.3, 0.4) is 0 Å². The number of likely N-dealkylation sites (tertiary alicyclic amines) is 1. The van der Waals surface area contributed by atoms with Gasteiger partial charge in [-0.3, -0.25) is 0 Å². The molecule has 1 aromatic heterocycles. The molecule has 1 aliphatic heterocycles. The molecule has 1 saturated heterocycles. The minimum atomic E-state index is 0.541. The van der Waals surface area contributed by atoms with Crippen LogP contribution < -0.4 is 5.32 Å². The van der Waals surface area contributed by atoms with Gasteiger partial charge in [-0.1, -0.05) is 0 Å². The molecule has 0 spiro atoms. The van der Waals surface area contributed by atoms with Crippen LogP contribution in [-0.4, -0.2) is 41.0 Å². The lowest BCUT2D eigenvalue weighted by Gasteiger charge is -2.30. The molecule has 76 valence electrons. The van der Waals surface area contributed by atoms with Gasteiger partial charge >= 0.3 is 0 Å². The van der Waals surface area contributed by atoms with Crippen molar-refractivity contribution in [2.24, 2.45) is 0 Å². The van der Waals surface area contributed by atoms with Crippen molar-refractivity contribution >= 4 is 5.69 Å². The van der Waals surface area contributed by atoms with Gasteiger partial charge in [-0.05, 0) is 26.4 Å². The molecule has 1 aromatic rings. The van der Waals surface area contributed by atoms with E-state index in [0.717, 1.165) is 12.2 Å². The molecule has 1 atom stereocenters. The van der Waals surface area contributed by atoms with Crippen LogP contribution in [0.2, 0.25) is 0 Å². The number of aromatic nitrogens is 2. The Morgan fingerprint density at radius 2 is 2.21 bits per heavy atom. The van der Waals surface area contributed by atoms with Crippen molar-refractivity contribution in [3.8, 4) is 0 Å². The zero-order chi connectivity index (χ0) is 9.80. The second-order valence-corrected chi connectivity index (χ2v) is 3.87. The third kappa shape index (κ3) is 2.42. The zero-order valence-electron chi connectivity index (χ0n) is 8.48. The fraction of sp³-hybridized carbons (Fsp3) is 0.600. The predicted molar refractivity (Wildman–Crippen MR) is 56.2 cm³/mol. The molecule has 4 nitrogen and oxygen atoms in total. The normalized spacial score (nSPS) is 23.4. The molecule has 0 saturated carbocycles. The number of piperidine rings is 1. The number of hydrogen-bond acceptors (Lipinski definition) is 4. The Balaban J connectivity index is 1.91. The van der Waals surface area contributed by atoms with Crippen LogP contribution in [0.25, 0.3) is 0 Å². The SMILES string of the molecule is CN1CCCC(Nc2cncnc2)C1. The maximum Gasteiger partial charge on any atom is 0.115 e. The highest BCUT2D eigenvalue weighted by Crippen LogP contribution is 2.13. The Bertz CT molecular complexity index is 275. The Labute approximate surface area is 84.4 Å². The van der Waals surface area contributed by atoms with Crippen LogP contribution in [0.5, 0.6) is 0 Å². The second-order valence-electron chi connectivity index (χ2n) is 3.87. The number of likely N-dealkylation sites (N-methyl/N-ethyl adjacent to an activating group) is 1. The van der Waals surface area contributed by atoms with E-state index in [1.165, 1.54) is 19.4 Å². The molecular weight excluding hydrogens is 176 g/mol. The van der Waals surface area contributed by atoms with Crippen molar-refractivity contribution in [3.05, 3.63) is 18.7 Å². The van der Waals surface area contributed by atoms with Gasteiger partial charge in [-0.15, -0.1) is 0 Å². The van der Waals surface area contributed by atoms with E-state index in [9.17, 15) is 0 Å². The third-order valence-electron chi connectivity index (χ3n) is 2.56. The van der Waals surface area contributed by atoms with Crippen molar-refractivity contribution < 1.29 is 0 Å². The minimum Gasteiger partial charge on any atom is -0.379 e. The maximum absolute atomic E-state index is 3.98. The first-order valence-electron chi connectivity index (χ1n) is 5.04. The van der Waals surface area contributed by atoms with Crippen LogP contribution in [0.15, 0.2) is 18.7 Å². The average Bonchev–Trinajstić information content (AvgIpc) is 2.19. The molecule has 14 heavy (non-hydrogen) atoms. The smallest absolute Gasteiger partial charge is 0.115 e. The summed E-state index contributed by atoms with van der Waals surface area (Å²) in [4.78, 5) is 10.3. The van der Waals surface area contributed by atoms with E-state index >= 15 is 0 Å². The van der Waals surface area contributed by atoms with E-state index in [1.54, 1.807) is 6.33 Å². The van der Waals surface area contributed by atoms with E-state index in [0.29, 0.717) is 6.04 Å². The number of nitrogens with one attached hydrogen (secondary N) is 1. The fourth-order valence-corrected chi connectivity index (χ4v) is 1.89. The minimum absolute atomic E-state index is 0.541. The van der Waals surface area contributed by atoms with Crippen LogP contribution in [0.4, 0.5) is 5.69 Å². The summed E-state index contributed by atoms with van der Waals surface area (Å²) in [6, 6.07) is 0.541. The van der Waals surface area contributed by atoms with Crippen molar-refractivity contribution in [3.63, 3.8) is 0 Å². The van der Waals surface area contributed by atoms with Crippen molar-refractivity contribution in [1.29, 1.82) is 0 Å². The Morgan fingerprint density at radius 3 is 2.93 bits per heavy atom. The first-order chi connectivity index (χ1) is 6.84. The lowest BCUT2D eigenvalue weighted by atomic mass is 10.1. The van der Waals surface area contributed by atoms with Crippen LogP contribution >= 0.6 is 0 Å². The lowest BCUT2D eigenvalue weighted by molar-refractivity contribution is 0.261. The van der Waals surface area contributed by atoms with Gasteiger partial charge in [0.15, 0.2) is 0 Å². The van der Waals surface area contributed by atoms with E-state index in [-0.39, 0.29) is 0 Å². The molecule has 2 heterocycles. The van der Waals surface area contributed by atoms with Gasteiger partial charge in [-0.2, -0.15) is 0 Å². The fourth-order valence-electron chi connectivity index (χ4n) is 1.89. The molecular formula is C10H16N4. The highest BCUT2D eigenvalue weighted by Gasteiger charge is 2.16. The van der Waals surface area contributed by atoms with Crippen LogP contribution in [0.1, 0.15) is 12.8 Å². The maximum atomic E-state index is 3.98. The van der Waals surface area contributed by atoms with E-state index in [2.05, 4.69) is 27.2 Å². The van der Waals surface area contributed by atoms with Gasteiger partial charge in [0.1, 0.15) is 6.33 Å². The Morgan fingerprint density at radius 1 is 1.43 bits per heavy atom. The third-order valence-corrected chi connectivity index (χ3v) is 2.56. The molecule has 2 rings (SSSR count). The highest BCUT2D eigenvalue weighted by atomic mass is 15.1. The van der Waals surface area contributed by atoms with Gasteiger partial charge in [0, 0.05) is 12.6 Å². The number of nitrogens with zero attached hydrogens (tertiary/aromatic N) is 3. The highest BCUT2D eigenvalue weighted by molar-refractivity contribution is 5.38. The molecule has 1 aliphatic rings. The molecule has 1 unspecified atom stereocenters. The predicted octanol–water partition coefficient (Wildman–Crippen LogP) is 0.983. The molecule has 0 aliphatic carbocycles. The van der Waals surface area contributed by atoms with Crippen molar-refractivity contribution in [2.45, 2.75) is 18.9 Å². The van der Waals surface area contributed by atoms with Gasteiger partial charge in [-0.25, -0.2) is 9.97 Å². The number of anilines is 1. The molecule has 1 fully saturated rings. The van der Waals surface area contributed by atoms with E-state index in [1.807, 2.05) is 12.4 Å². The summed E-state index contributed by atoms with van der Waals surface area (Å²) in [7, 11) is 2.16. The summed E-state index contributed by atoms with van der Waals surface area (Å²) in [5.74, 6) is 0. The van der Waals surface area contributed by atoms with Crippen molar-refractivity contribution in [1.82, 2.24) is 14.9 Å². The summed E-state index contributed by atoms with van der Waals surface area (Å²) in [6.45, 7) is 2.32. The summed E-state index contributed by atoms with van der Waals surface area (Å²) in [5.41, 5.74) is 1.02. The first kappa shape index (κ1) is 9.40. The lowest BCUT2D eigenvalue weighted by Crippen LogP contribution is -2.39. The summed E-state index contributed by atoms with van der Waals surface area (Å²) in [5, 5.41) is 3.44. The van der Waals surface area contributed by atoms with Gasteiger partial charge in [0.25, 0.3) is 0 Å². The van der Waals surface area contributed by atoms with E-state index in [4.69, 9.17) is 0 Å². The zero-order valence-corrected chi connectivity index (χ0v) is 8.48. The summed E-state index contributed by atoms with van der Waals surface area (Å²) < 4.78 is 0. The van der Waals surface area contributed by atoms with Gasteiger partial charge in [0.2, 0.25) is 0 Å². The molecule has 0 aromatic carbocycles. The average molecular weight is 192 g/mol. The van der Waals surface area contributed by atoms with Crippen LogP contribution in [-0.2, 0) is 0 Å². The van der Waals surface area contributed by atoms with E-state index < -0.39 is 0 Å². The molecule has 0 radical (unpaired) electrons. The van der Waals surface area contributed by atoms with Gasteiger partial charge < -0.3 is 10.2 Å². The molecule has 0 bridgehead atoms. The van der Waals surface area contributed by atoms with Crippen LogP contribution in [0, 0.1) is 0 Å². The second kappa shape index (κ2) is 4.37. The monoisotopic (exact) mass is 192 g/mol. The quantitative estimate of drug-likeness (QED) is 0.758. The topological polar surface area (TPSA) is 41.0 Å². The van der Waals surface area contributed by atoms with Gasteiger partial charge in [0.05, 0.1) is 18.1 Å². The summed E-state index contributed by atoms with van der Waals surface area (Å²) in [6.07, 6.45) is 7.70. The van der Waals surface area contributed by atoms with Crippen molar-refractivity contribution in [2.75, 3.05) is 25.5 Å². The molecule has 0 amide bonds.